The quantitative estimate of drug-likeness (QED) is 0.435. The number of pyridine rings is 1. The molecule has 4 rings (SSSR count). The Morgan fingerprint density at radius 1 is 1.00 bits per heavy atom. The van der Waals surface area contributed by atoms with Crippen LogP contribution in [0.5, 0.6) is 0 Å². The molecule has 168 valence electrons. The van der Waals surface area contributed by atoms with Gasteiger partial charge in [0.1, 0.15) is 5.82 Å². The van der Waals surface area contributed by atoms with Crippen LogP contribution < -0.4 is 16.4 Å². The highest BCUT2D eigenvalue weighted by molar-refractivity contribution is 6.31. The third-order valence-corrected chi connectivity index (χ3v) is 5.99. The fourth-order valence-corrected chi connectivity index (χ4v) is 4.17. The van der Waals surface area contributed by atoms with Gasteiger partial charge in [0.25, 0.3) is 5.91 Å². The number of hydrogen-bond acceptors (Lipinski definition) is 4. The zero-order chi connectivity index (χ0) is 23.4. The molecule has 0 saturated heterocycles. The van der Waals surface area contributed by atoms with E-state index in [1.165, 1.54) is 0 Å². The standard InChI is InChI=1S/C25H23ClN4O3/c26-18-7-6-17-14-28-23(27)21(22(17)13-18)12-3-15-1-4-16(5-2-15)24(31)29-19-8-10-20(11-9-19)30-25(32)33/h1-2,4-7,13-14,19-20,30H,8-11H2,(H2,27,28)(H,29,31)(H,32,33)/t19-,20-. The fourth-order valence-electron chi connectivity index (χ4n) is 4.00. The first-order valence-corrected chi connectivity index (χ1v) is 11.0. The van der Waals surface area contributed by atoms with E-state index in [0.29, 0.717) is 34.8 Å². The molecule has 7 nitrogen and oxygen atoms in total. The van der Waals surface area contributed by atoms with Gasteiger partial charge in [-0.3, -0.25) is 4.79 Å². The maximum atomic E-state index is 12.6. The van der Waals surface area contributed by atoms with Crippen molar-refractivity contribution in [1.29, 1.82) is 0 Å². The first kappa shape index (κ1) is 22.4. The number of aromatic nitrogens is 1. The number of rotatable bonds is 3. The number of nitrogens with zero attached hydrogens (tertiary/aromatic N) is 1. The van der Waals surface area contributed by atoms with Crippen molar-refractivity contribution in [3.8, 4) is 11.8 Å². The van der Waals surface area contributed by atoms with E-state index in [0.717, 1.165) is 29.2 Å². The van der Waals surface area contributed by atoms with Crippen LogP contribution >= 0.6 is 11.6 Å². The lowest BCUT2D eigenvalue weighted by Crippen LogP contribution is -2.43. The van der Waals surface area contributed by atoms with E-state index in [1.54, 1.807) is 36.5 Å². The Balaban J connectivity index is 1.42. The summed E-state index contributed by atoms with van der Waals surface area (Å²) >= 11 is 6.13. The number of carbonyl (C=O) groups excluding carboxylic acids is 1. The van der Waals surface area contributed by atoms with Crippen molar-refractivity contribution in [2.75, 3.05) is 5.73 Å². The van der Waals surface area contributed by atoms with E-state index in [4.69, 9.17) is 22.4 Å². The number of halogens is 1. The molecule has 1 heterocycles. The average molecular weight is 463 g/mol. The molecule has 33 heavy (non-hydrogen) atoms. The van der Waals surface area contributed by atoms with E-state index in [1.807, 2.05) is 12.1 Å². The number of nitrogens with two attached hydrogens (primary N) is 1. The van der Waals surface area contributed by atoms with Crippen molar-refractivity contribution in [1.82, 2.24) is 15.6 Å². The predicted octanol–water partition coefficient (Wildman–Crippen LogP) is 4.18. The van der Waals surface area contributed by atoms with Crippen LogP contribution in [0, 0.1) is 11.8 Å². The van der Waals surface area contributed by atoms with Gasteiger partial charge in [0.05, 0.1) is 5.56 Å². The number of nitrogen functional groups attached to an aromatic ring is 1. The Hall–Kier alpha value is -3.76. The lowest BCUT2D eigenvalue weighted by atomic mass is 9.91. The first-order chi connectivity index (χ1) is 15.9. The summed E-state index contributed by atoms with van der Waals surface area (Å²) in [6.45, 7) is 0. The average Bonchev–Trinajstić information content (AvgIpc) is 2.79. The van der Waals surface area contributed by atoms with Gasteiger partial charge in [0.15, 0.2) is 0 Å². The van der Waals surface area contributed by atoms with E-state index in [9.17, 15) is 9.59 Å². The maximum Gasteiger partial charge on any atom is 0.404 e. The summed E-state index contributed by atoms with van der Waals surface area (Å²) in [5.41, 5.74) is 7.95. The predicted molar refractivity (Wildman–Crippen MR) is 128 cm³/mol. The molecule has 0 aliphatic heterocycles. The lowest BCUT2D eigenvalue weighted by Gasteiger charge is -2.28. The zero-order valence-electron chi connectivity index (χ0n) is 17.8. The summed E-state index contributed by atoms with van der Waals surface area (Å²) in [5.74, 6) is 6.35. The largest absolute Gasteiger partial charge is 0.465 e. The van der Waals surface area contributed by atoms with Crippen molar-refractivity contribution >= 4 is 40.2 Å². The van der Waals surface area contributed by atoms with Crippen molar-refractivity contribution in [3.05, 3.63) is 70.4 Å². The highest BCUT2D eigenvalue weighted by Gasteiger charge is 2.23. The van der Waals surface area contributed by atoms with Gasteiger partial charge in [0.2, 0.25) is 0 Å². The summed E-state index contributed by atoms with van der Waals surface area (Å²) in [6.07, 6.45) is 3.59. The molecule has 1 aromatic heterocycles. The molecule has 1 aliphatic carbocycles. The molecule has 0 bridgehead atoms. The molecule has 8 heteroatoms. The van der Waals surface area contributed by atoms with Crippen LogP contribution in [0.2, 0.25) is 5.02 Å². The number of nitrogens with one attached hydrogen (secondary N) is 2. The topological polar surface area (TPSA) is 117 Å². The summed E-state index contributed by atoms with van der Waals surface area (Å²) < 4.78 is 0. The zero-order valence-corrected chi connectivity index (χ0v) is 18.5. The number of hydrogen-bond donors (Lipinski definition) is 4. The third-order valence-electron chi connectivity index (χ3n) is 5.75. The molecule has 0 spiro atoms. The molecular weight excluding hydrogens is 440 g/mol. The van der Waals surface area contributed by atoms with E-state index in [-0.39, 0.29) is 18.0 Å². The SMILES string of the molecule is Nc1ncc2ccc(Cl)cc2c1C#Cc1ccc(C(=O)N[C@H]2CC[C@H](NC(=O)O)CC2)cc1. The van der Waals surface area contributed by atoms with Crippen LogP contribution in [0.3, 0.4) is 0 Å². The molecule has 0 atom stereocenters. The van der Waals surface area contributed by atoms with Crippen molar-refractivity contribution in [2.24, 2.45) is 0 Å². The molecule has 1 fully saturated rings. The second-order valence-corrected chi connectivity index (χ2v) is 8.49. The second-order valence-electron chi connectivity index (χ2n) is 8.05. The van der Waals surface area contributed by atoms with Gasteiger partial charge < -0.3 is 21.5 Å². The van der Waals surface area contributed by atoms with Gasteiger partial charge in [0, 0.05) is 45.2 Å². The lowest BCUT2D eigenvalue weighted by molar-refractivity contribution is 0.0923. The maximum absolute atomic E-state index is 12.6. The highest BCUT2D eigenvalue weighted by atomic mass is 35.5. The van der Waals surface area contributed by atoms with Gasteiger partial charge >= 0.3 is 6.09 Å². The second kappa shape index (κ2) is 9.80. The molecule has 0 radical (unpaired) electrons. The molecular formula is C25H23ClN4O3. The minimum atomic E-state index is -1.01. The van der Waals surface area contributed by atoms with Crippen LogP contribution in [0.25, 0.3) is 10.8 Å². The minimum absolute atomic E-state index is 0.0393. The first-order valence-electron chi connectivity index (χ1n) is 10.6. The van der Waals surface area contributed by atoms with Gasteiger partial charge in [-0.2, -0.15) is 0 Å². The molecule has 1 saturated carbocycles. The van der Waals surface area contributed by atoms with Gasteiger partial charge in [-0.05, 0) is 62.1 Å². The Kier molecular flexibility index (Phi) is 6.66. The number of carboxylic acid groups (broad SMARTS) is 1. The fraction of sp³-hybridized carbons (Fsp3) is 0.240. The van der Waals surface area contributed by atoms with Crippen molar-refractivity contribution in [3.63, 3.8) is 0 Å². The normalized spacial score (nSPS) is 17.6. The Morgan fingerprint density at radius 2 is 1.67 bits per heavy atom. The highest BCUT2D eigenvalue weighted by Crippen LogP contribution is 2.25. The molecule has 0 unspecified atom stereocenters. The van der Waals surface area contributed by atoms with Gasteiger partial charge in [-0.1, -0.05) is 29.5 Å². The van der Waals surface area contributed by atoms with E-state index in [2.05, 4.69) is 27.5 Å². The van der Waals surface area contributed by atoms with Crippen molar-refractivity contribution in [2.45, 2.75) is 37.8 Å². The number of benzene rings is 2. The van der Waals surface area contributed by atoms with Crippen molar-refractivity contribution < 1.29 is 14.7 Å². The number of fused-ring (bicyclic) bond motifs is 1. The summed E-state index contributed by atoms with van der Waals surface area (Å²) in [7, 11) is 0. The number of carbonyl (C=O) groups is 2. The van der Waals surface area contributed by atoms with E-state index < -0.39 is 6.09 Å². The smallest absolute Gasteiger partial charge is 0.404 e. The van der Waals surface area contributed by atoms with Crippen LogP contribution in [-0.2, 0) is 0 Å². The molecule has 2 aromatic carbocycles. The molecule has 2 amide bonds. The third kappa shape index (κ3) is 5.54. The number of amides is 2. The Labute approximate surface area is 196 Å². The Morgan fingerprint density at radius 3 is 2.33 bits per heavy atom. The number of anilines is 1. The van der Waals surface area contributed by atoms with Gasteiger partial charge in [-0.15, -0.1) is 0 Å². The minimum Gasteiger partial charge on any atom is -0.465 e. The Bertz CT molecular complexity index is 1250. The summed E-state index contributed by atoms with van der Waals surface area (Å²) in [6, 6.07) is 12.5. The summed E-state index contributed by atoms with van der Waals surface area (Å²) in [4.78, 5) is 27.5. The van der Waals surface area contributed by atoms with Gasteiger partial charge in [-0.25, -0.2) is 9.78 Å². The molecule has 3 aromatic rings. The monoisotopic (exact) mass is 462 g/mol. The molecule has 1 aliphatic rings. The van der Waals surface area contributed by atoms with Crippen LogP contribution in [-0.4, -0.2) is 34.2 Å². The summed E-state index contributed by atoms with van der Waals surface area (Å²) in [5, 5.41) is 16.7. The van der Waals surface area contributed by atoms with Crippen LogP contribution in [0.15, 0.2) is 48.7 Å². The van der Waals surface area contributed by atoms with Crippen LogP contribution in [0.4, 0.5) is 10.6 Å². The van der Waals surface area contributed by atoms with Crippen LogP contribution in [0.1, 0.15) is 47.2 Å². The molecule has 5 N–H and O–H groups in total. The van der Waals surface area contributed by atoms with E-state index >= 15 is 0 Å².